The Morgan fingerprint density at radius 2 is 1.38 bits per heavy atom. The normalized spacial score (nSPS) is 15.8. The lowest BCUT2D eigenvalue weighted by atomic mass is 9.93. The molecule has 0 bridgehead atoms. The van der Waals surface area contributed by atoms with E-state index in [0.717, 1.165) is 21.7 Å². The highest BCUT2D eigenvalue weighted by Crippen LogP contribution is 2.28. The molecule has 4 aromatic rings. The predicted molar refractivity (Wildman–Crippen MR) is 112 cm³/mol. The van der Waals surface area contributed by atoms with Crippen molar-refractivity contribution in [3.8, 4) is 0 Å². The first-order valence-electron chi connectivity index (χ1n) is 10.3. The highest BCUT2D eigenvalue weighted by Gasteiger charge is 2.38. The maximum absolute atomic E-state index is 13.1. The lowest BCUT2D eigenvalue weighted by Crippen LogP contribution is -2.47. The summed E-state index contributed by atoms with van der Waals surface area (Å²) in [7, 11) is 0. The number of hydrogen-bond acceptors (Lipinski definition) is 7. The Bertz CT molecular complexity index is 1280. The third-order valence-corrected chi connectivity index (χ3v) is 5.50. The number of hydrogen-bond donors (Lipinski definition) is 0. The lowest BCUT2D eigenvalue weighted by molar-refractivity contribution is -0.146. The first kappa shape index (κ1) is 20.5. The van der Waals surface area contributed by atoms with Crippen molar-refractivity contribution in [2.45, 2.75) is 32.4 Å². The molecule has 5 rings (SSSR count). The van der Waals surface area contributed by atoms with E-state index in [1.165, 1.54) is 6.07 Å². The summed E-state index contributed by atoms with van der Waals surface area (Å²) in [5.41, 5.74) is 1.77. The van der Waals surface area contributed by atoms with Gasteiger partial charge in [-0.15, -0.1) is 20.4 Å². The SMILES string of the molecule is CC(C)(C)c1cn2nc(N3CCN(c4ccc5nnc(C(F)(F)F)n5n4)CC3)ccc2n1. The molecule has 1 fully saturated rings. The van der Waals surface area contributed by atoms with Gasteiger partial charge in [0, 0.05) is 31.6 Å². The smallest absolute Gasteiger partial charge is 0.352 e. The molecule has 0 unspecified atom stereocenters. The van der Waals surface area contributed by atoms with Crippen molar-refractivity contribution in [3.05, 3.63) is 42.0 Å². The van der Waals surface area contributed by atoms with Crippen LogP contribution in [-0.2, 0) is 11.6 Å². The Morgan fingerprint density at radius 1 is 0.781 bits per heavy atom. The minimum atomic E-state index is -4.62. The Hall–Kier alpha value is -3.44. The highest BCUT2D eigenvalue weighted by atomic mass is 19.4. The van der Waals surface area contributed by atoms with Gasteiger partial charge < -0.3 is 9.80 Å². The van der Waals surface area contributed by atoms with Gasteiger partial charge in [0.25, 0.3) is 5.82 Å². The fourth-order valence-corrected chi connectivity index (χ4v) is 3.69. The molecule has 0 amide bonds. The van der Waals surface area contributed by atoms with E-state index in [9.17, 15) is 13.2 Å². The van der Waals surface area contributed by atoms with Crippen LogP contribution in [0.15, 0.2) is 30.5 Å². The van der Waals surface area contributed by atoms with Crippen LogP contribution < -0.4 is 9.80 Å². The number of imidazole rings is 1. The minimum absolute atomic E-state index is 0.0622. The largest absolute Gasteiger partial charge is 0.453 e. The lowest BCUT2D eigenvalue weighted by Gasteiger charge is -2.35. The monoisotopic (exact) mass is 445 g/mol. The maximum atomic E-state index is 13.1. The number of anilines is 2. The molecule has 0 saturated carbocycles. The summed E-state index contributed by atoms with van der Waals surface area (Å²) in [4.78, 5) is 8.73. The zero-order valence-electron chi connectivity index (χ0n) is 17.9. The summed E-state index contributed by atoms with van der Waals surface area (Å²) in [6.07, 6.45) is -2.67. The van der Waals surface area contributed by atoms with Gasteiger partial charge in [-0.05, 0) is 24.3 Å². The van der Waals surface area contributed by atoms with Crippen molar-refractivity contribution >= 4 is 22.9 Å². The number of aromatic nitrogens is 7. The van der Waals surface area contributed by atoms with Crippen molar-refractivity contribution in [2.75, 3.05) is 36.0 Å². The third-order valence-electron chi connectivity index (χ3n) is 5.50. The zero-order valence-corrected chi connectivity index (χ0v) is 17.9. The second-order valence-electron chi connectivity index (χ2n) is 8.83. The Labute approximate surface area is 181 Å². The Morgan fingerprint density at radius 3 is 1.97 bits per heavy atom. The minimum Gasteiger partial charge on any atom is -0.352 e. The molecule has 0 atom stereocenters. The summed E-state index contributed by atoms with van der Waals surface area (Å²) >= 11 is 0. The summed E-state index contributed by atoms with van der Waals surface area (Å²) in [6, 6.07) is 7.06. The van der Waals surface area contributed by atoms with Crippen LogP contribution in [0.3, 0.4) is 0 Å². The molecule has 9 nitrogen and oxygen atoms in total. The second-order valence-corrected chi connectivity index (χ2v) is 8.83. The van der Waals surface area contributed by atoms with E-state index in [0.29, 0.717) is 32.0 Å². The fourth-order valence-electron chi connectivity index (χ4n) is 3.69. The third kappa shape index (κ3) is 3.59. The first-order valence-corrected chi connectivity index (χ1v) is 10.3. The second kappa shape index (κ2) is 7.04. The van der Waals surface area contributed by atoms with Gasteiger partial charge in [-0.3, -0.25) is 0 Å². The number of rotatable bonds is 2. The van der Waals surface area contributed by atoms with Gasteiger partial charge in [0.15, 0.2) is 11.3 Å². The fraction of sp³-hybridized carbons (Fsp3) is 0.450. The van der Waals surface area contributed by atoms with Crippen molar-refractivity contribution in [2.24, 2.45) is 0 Å². The average molecular weight is 445 g/mol. The molecule has 32 heavy (non-hydrogen) atoms. The van der Waals surface area contributed by atoms with E-state index in [-0.39, 0.29) is 11.1 Å². The zero-order chi connectivity index (χ0) is 22.7. The van der Waals surface area contributed by atoms with E-state index >= 15 is 0 Å². The molecule has 0 spiro atoms. The number of alkyl halides is 3. The van der Waals surface area contributed by atoms with Gasteiger partial charge in [-0.25, -0.2) is 9.50 Å². The molecule has 0 aliphatic carbocycles. The molecule has 1 aliphatic rings. The summed E-state index contributed by atoms with van der Waals surface area (Å²) < 4.78 is 42.0. The van der Waals surface area contributed by atoms with Crippen LogP contribution in [-0.4, -0.2) is 60.6 Å². The molecule has 0 N–H and O–H groups in total. The quantitative estimate of drug-likeness (QED) is 0.469. The molecule has 1 saturated heterocycles. The summed E-state index contributed by atoms with van der Waals surface area (Å²) in [5, 5.41) is 15.6. The van der Waals surface area contributed by atoms with E-state index in [4.69, 9.17) is 5.10 Å². The molecule has 5 heterocycles. The molecule has 0 aromatic carbocycles. The number of fused-ring (bicyclic) bond motifs is 2. The highest BCUT2D eigenvalue weighted by molar-refractivity contribution is 5.50. The van der Waals surface area contributed by atoms with Gasteiger partial charge in [-0.1, -0.05) is 20.8 Å². The number of nitrogens with zero attached hydrogens (tertiary/aromatic N) is 9. The molecular weight excluding hydrogens is 423 g/mol. The van der Waals surface area contributed by atoms with Crippen LogP contribution in [0, 0.1) is 0 Å². The van der Waals surface area contributed by atoms with Crippen LogP contribution in [0.5, 0.6) is 0 Å². The Balaban J connectivity index is 1.34. The molecular formula is C20H22F3N9. The molecule has 0 radical (unpaired) electrons. The standard InChI is InChI=1S/C20H22F3N9/c1-19(2,3)13-12-31-14(24-13)4-6-16(27-31)29-8-10-30(11-9-29)17-7-5-15-25-26-18(20(21,22)23)32(15)28-17/h4-7,12H,8-11H2,1-3H3. The first-order chi connectivity index (χ1) is 15.1. The van der Waals surface area contributed by atoms with Crippen LogP contribution in [0.1, 0.15) is 32.3 Å². The van der Waals surface area contributed by atoms with Gasteiger partial charge in [0.1, 0.15) is 11.6 Å². The van der Waals surface area contributed by atoms with Crippen LogP contribution in [0.2, 0.25) is 0 Å². The van der Waals surface area contributed by atoms with Crippen molar-refractivity contribution in [3.63, 3.8) is 0 Å². The van der Waals surface area contributed by atoms with E-state index in [1.54, 1.807) is 10.6 Å². The van der Waals surface area contributed by atoms with Gasteiger partial charge >= 0.3 is 6.18 Å². The maximum Gasteiger partial charge on any atom is 0.453 e. The molecule has 4 aromatic heterocycles. The van der Waals surface area contributed by atoms with Crippen LogP contribution >= 0.6 is 0 Å². The summed E-state index contributed by atoms with van der Waals surface area (Å²) in [5.74, 6) is 0.160. The average Bonchev–Trinajstić information content (AvgIpc) is 3.36. The van der Waals surface area contributed by atoms with Crippen molar-refractivity contribution < 1.29 is 13.2 Å². The van der Waals surface area contributed by atoms with Gasteiger partial charge in [0.2, 0.25) is 0 Å². The van der Waals surface area contributed by atoms with E-state index in [1.807, 2.05) is 23.2 Å². The molecule has 168 valence electrons. The topological polar surface area (TPSA) is 79.8 Å². The summed E-state index contributed by atoms with van der Waals surface area (Å²) in [6.45, 7) is 8.84. The van der Waals surface area contributed by atoms with Crippen LogP contribution in [0.4, 0.5) is 24.8 Å². The van der Waals surface area contributed by atoms with Crippen molar-refractivity contribution in [1.82, 2.24) is 34.4 Å². The predicted octanol–water partition coefficient (Wildman–Crippen LogP) is 2.81. The van der Waals surface area contributed by atoms with Gasteiger partial charge in [0.05, 0.1) is 11.9 Å². The van der Waals surface area contributed by atoms with E-state index in [2.05, 4.69) is 46.0 Å². The molecule has 12 heteroatoms. The molecule has 1 aliphatic heterocycles. The van der Waals surface area contributed by atoms with Gasteiger partial charge in [-0.2, -0.15) is 17.7 Å². The number of halogens is 3. The van der Waals surface area contributed by atoms with Crippen molar-refractivity contribution in [1.29, 1.82) is 0 Å². The van der Waals surface area contributed by atoms with E-state index < -0.39 is 12.0 Å². The van der Waals surface area contributed by atoms with Crippen LogP contribution in [0.25, 0.3) is 11.3 Å². The number of piperazine rings is 1. The Kier molecular flexibility index (Phi) is 4.50.